The van der Waals surface area contributed by atoms with Crippen LogP contribution in [0.5, 0.6) is 5.75 Å². The quantitative estimate of drug-likeness (QED) is 0.292. The van der Waals surface area contributed by atoms with E-state index >= 15 is 0 Å². The first-order valence-electron chi connectivity index (χ1n) is 11.8. The lowest BCUT2D eigenvalue weighted by atomic mass is 9.94. The van der Waals surface area contributed by atoms with Gasteiger partial charge < -0.3 is 20.3 Å². The number of carbonyl (C=O) groups excluding carboxylic acids is 1. The lowest BCUT2D eigenvalue weighted by Gasteiger charge is -2.36. The second kappa shape index (κ2) is 10.1. The van der Waals surface area contributed by atoms with Crippen LogP contribution in [0.2, 0.25) is 10.0 Å². The van der Waals surface area contributed by atoms with Crippen molar-refractivity contribution in [3.05, 3.63) is 59.1 Å². The van der Waals surface area contributed by atoms with Crippen molar-refractivity contribution >= 4 is 57.2 Å². The van der Waals surface area contributed by atoms with Crippen molar-refractivity contribution in [2.45, 2.75) is 37.8 Å². The molecule has 2 aliphatic heterocycles. The topological polar surface area (TPSA) is 79.4 Å². The van der Waals surface area contributed by atoms with E-state index in [1.165, 1.54) is 24.5 Å². The number of rotatable bonds is 6. The molecule has 3 aromatic rings. The molecule has 0 unspecified atom stereocenters. The van der Waals surface area contributed by atoms with E-state index < -0.39 is 5.82 Å². The molecule has 3 atom stereocenters. The summed E-state index contributed by atoms with van der Waals surface area (Å²) in [6.45, 7) is 4.43. The molecule has 1 aromatic heterocycles. The average molecular weight is 530 g/mol. The number of fused-ring (bicyclic) bond motifs is 5. The third-order valence-electron chi connectivity index (χ3n) is 7.04. The standard InChI is InChI=1S/C26H26Cl2FN5O2/c1-3-23(35)34-12-14-4-5-16(34)9-15(8-14)32-21-10-17-20(11-22(21)36-2)30-13-31-26(17)33-19-7-6-18(27)24(28)25(19)29/h3,6-7,10-11,13-16,32H,1,4-5,8-9,12H2,2H3,(H,30,31,33)/t14-,15-,16-/m0/s1. The normalized spacial score (nSPS) is 21.2. The van der Waals surface area contributed by atoms with Gasteiger partial charge in [-0.05, 0) is 55.9 Å². The fraction of sp³-hybridized carbons (Fsp3) is 0.346. The molecule has 0 spiro atoms. The Labute approximate surface area is 218 Å². The van der Waals surface area contributed by atoms with Crippen molar-refractivity contribution in [3.8, 4) is 5.75 Å². The average Bonchev–Trinajstić information content (AvgIpc) is 3.19. The van der Waals surface area contributed by atoms with Gasteiger partial charge in [-0.1, -0.05) is 29.8 Å². The summed E-state index contributed by atoms with van der Waals surface area (Å²) >= 11 is 11.9. The predicted octanol–water partition coefficient (Wildman–Crippen LogP) is 6.20. The fourth-order valence-corrected chi connectivity index (χ4v) is 5.62. The van der Waals surface area contributed by atoms with Gasteiger partial charge in [-0.25, -0.2) is 14.4 Å². The Morgan fingerprint density at radius 3 is 2.83 bits per heavy atom. The number of carbonyl (C=O) groups is 1. The minimum Gasteiger partial charge on any atom is -0.495 e. The van der Waals surface area contributed by atoms with Gasteiger partial charge in [-0.3, -0.25) is 4.79 Å². The number of halogens is 3. The number of hydrogen-bond acceptors (Lipinski definition) is 6. The van der Waals surface area contributed by atoms with Crippen LogP contribution >= 0.6 is 23.2 Å². The van der Waals surface area contributed by atoms with Crippen molar-refractivity contribution in [1.82, 2.24) is 14.9 Å². The third-order valence-corrected chi connectivity index (χ3v) is 7.82. The Bertz CT molecular complexity index is 1340. The summed E-state index contributed by atoms with van der Waals surface area (Å²) in [5.74, 6) is 0.830. The van der Waals surface area contributed by atoms with Gasteiger partial charge in [0.25, 0.3) is 0 Å². The molecule has 3 fully saturated rings. The highest BCUT2D eigenvalue weighted by atomic mass is 35.5. The zero-order valence-corrected chi connectivity index (χ0v) is 21.2. The van der Waals surface area contributed by atoms with E-state index in [9.17, 15) is 9.18 Å². The smallest absolute Gasteiger partial charge is 0.246 e. The van der Waals surface area contributed by atoms with E-state index in [0.717, 1.165) is 37.9 Å². The molecule has 2 saturated heterocycles. The van der Waals surface area contributed by atoms with Crippen molar-refractivity contribution < 1.29 is 13.9 Å². The summed E-state index contributed by atoms with van der Waals surface area (Å²) in [7, 11) is 1.61. The lowest BCUT2D eigenvalue weighted by Crippen LogP contribution is -2.44. The van der Waals surface area contributed by atoms with Gasteiger partial charge in [0.2, 0.25) is 5.91 Å². The van der Waals surface area contributed by atoms with Crippen LogP contribution in [-0.4, -0.2) is 46.5 Å². The fourth-order valence-electron chi connectivity index (χ4n) is 5.31. The molecular weight excluding hydrogens is 504 g/mol. The molecule has 3 heterocycles. The Hall–Kier alpha value is -3.10. The zero-order valence-electron chi connectivity index (χ0n) is 19.7. The van der Waals surface area contributed by atoms with E-state index in [1.54, 1.807) is 7.11 Å². The van der Waals surface area contributed by atoms with Crippen LogP contribution in [0.1, 0.15) is 25.7 Å². The minimum absolute atomic E-state index is 0.00367. The van der Waals surface area contributed by atoms with Crippen LogP contribution in [0.15, 0.2) is 43.2 Å². The largest absolute Gasteiger partial charge is 0.495 e. The molecule has 7 nitrogen and oxygen atoms in total. The second-order valence-electron chi connectivity index (χ2n) is 9.24. The second-order valence-corrected chi connectivity index (χ2v) is 10.0. The van der Waals surface area contributed by atoms with E-state index in [2.05, 4.69) is 27.2 Å². The molecule has 36 heavy (non-hydrogen) atoms. The van der Waals surface area contributed by atoms with Gasteiger partial charge in [0.1, 0.15) is 17.9 Å². The number of methoxy groups -OCH3 is 1. The number of piperidine rings is 1. The zero-order chi connectivity index (χ0) is 25.4. The van der Waals surface area contributed by atoms with Crippen LogP contribution in [-0.2, 0) is 4.79 Å². The van der Waals surface area contributed by atoms with Gasteiger partial charge in [-0.15, -0.1) is 0 Å². The molecular formula is C26H26Cl2FN5O2. The summed E-state index contributed by atoms with van der Waals surface area (Å²) in [5.41, 5.74) is 1.58. The third kappa shape index (κ3) is 4.67. The van der Waals surface area contributed by atoms with Gasteiger partial charge in [-0.2, -0.15) is 0 Å². The Morgan fingerprint density at radius 2 is 2.06 bits per heavy atom. The molecule has 1 saturated carbocycles. The summed E-state index contributed by atoms with van der Waals surface area (Å²) in [4.78, 5) is 23.0. The van der Waals surface area contributed by atoms with Crippen LogP contribution in [0.4, 0.5) is 21.6 Å². The molecule has 3 aliphatic rings. The highest BCUT2D eigenvalue weighted by Crippen LogP contribution is 2.39. The van der Waals surface area contributed by atoms with Crippen LogP contribution in [0, 0.1) is 11.7 Å². The maximum absolute atomic E-state index is 14.7. The highest BCUT2D eigenvalue weighted by Gasteiger charge is 2.37. The maximum atomic E-state index is 14.7. The number of anilines is 3. The number of ether oxygens (including phenoxy) is 1. The molecule has 10 heteroatoms. The first-order valence-corrected chi connectivity index (χ1v) is 12.6. The number of nitrogens with zero attached hydrogens (tertiary/aromatic N) is 3. The molecule has 6 rings (SSSR count). The summed E-state index contributed by atoms with van der Waals surface area (Å²) < 4.78 is 20.4. The molecule has 1 aliphatic carbocycles. The summed E-state index contributed by atoms with van der Waals surface area (Å²) in [6.07, 6.45) is 6.69. The molecule has 2 aromatic carbocycles. The number of benzene rings is 2. The van der Waals surface area contributed by atoms with Crippen LogP contribution in [0.3, 0.4) is 0 Å². The Kier molecular flexibility index (Phi) is 6.90. The van der Waals surface area contributed by atoms with Crippen LogP contribution < -0.4 is 15.4 Å². The summed E-state index contributed by atoms with van der Waals surface area (Å²) in [5, 5.41) is 7.33. The molecule has 188 valence electrons. The van der Waals surface area contributed by atoms with Gasteiger partial charge in [0.05, 0.1) is 34.0 Å². The first kappa shape index (κ1) is 24.6. The number of aromatic nitrogens is 2. The van der Waals surface area contributed by atoms with Gasteiger partial charge >= 0.3 is 0 Å². The number of nitrogens with one attached hydrogen (secondary N) is 2. The Balaban J connectivity index is 1.46. The van der Waals surface area contributed by atoms with Crippen LogP contribution in [0.25, 0.3) is 10.9 Å². The summed E-state index contributed by atoms with van der Waals surface area (Å²) in [6, 6.07) is 7.11. The van der Waals surface area contributed by atoms with Crippen molar-refractivity contribution in [2.75, 3.05) is 24.3 Å². The maximum Gasteiger partial charge on any atom is 0.246 e. The van der Waals surface area contributed by atoms with Crippen molar-refractivity contribution in [2.24, 2.45) is 5.92 Å². The van der Waals surface area contributed by atoms with E-state index in [1.807, 2.05) is 17.0 Å². The predicted molar refractivity (Wildman–Crippen MR) is 141 cm³/mol. The molecule has 2 bridgehead atoms. The first-order chi connectivity index (χ1) is 17.4. The molecule has 2 N–H and O–H groups in total. The van der Waals surface area contributed by atoms with Crippen molar-refractivity contribution in [3.63, 3.8) is 0 Å². The van der Waals surface area contributed by atoms with E-state index in [4.69, 9.17) is 27.9 Å². The van der Waals surface area contributed by atoms with E-state index in [0.29, 0.717) is 28.4 Å². The molecule has 0 radical (unpaired) electrons. The highest BCUT2D eigenvalue weighted by molar-refractivity contribution is 6.42. The SMILES string of the molecule is C=CC(=O)N1C[C@H]2CC[C@H]1C[C@@H](Nc1cc3c(Nc4ccc(Cl)c(Cl)c4F)ncnc3cc1OC)C2. The Morgan fingerprint density at radius 1 is 1.22 bits per heavy atom. The number of amides is 1. The van der Waals surface area contributed by atoms with Gasteiger partial charge in [0, 0.05) is 30.1 Å². The lowest BCUT2D eigenvalue weighted by molar-refractivity contribution is -0.130. The number of hydrogen-bond donors (Lipinski definition) is 2. The monoisotopic (exact) mass is 529 g/mol. The van der Waals surface area contributed by atoms with E-state index in [-0.39, 0.29) is 33.7 Å². The van der Waals surface area contributed by atoms with Crippen molar-refractivity contribution in [1.29, 1.82) is 0 Å². The van der Waals surface area contributed by atoms with Gasteiger partial charge in [0.15, 0.2) is 5.82 Å². The molecule has 1 amide bonds. The minimum atomic E-state index is -0.657.